The number of anilines is 1. The van der Waals surface area contributed by atoms with Gasteiger partial charge in [-0.25, -0.2) is 9.78 Å². The highest BCUT2D eigenvalue weighted by Gasteiger charge is 2.19. The molecule has 7 heteroatoms. The Balaban J connectivity index is 1.88. The van der Waals surface area contributed by atoms with E-state index in [0.717, 1.165) is 0 Å². The van der Waals surface area contributed by atoms with Gasteiger partial charge < -0.3 is 14.6 Å². The van der Waals surface area contributed by atoms with Crippen molar-refractivity contribution in [2.45, 2.75) is 6.92 Å². The van der Waals surface area contributed by atoms with E-state index in [1.54, 1.807) is 31.2 Å². The number of hydrogen-bond acceptors (Lipinski definition) is 5. The van der Waals surface area contributed by atoms with Crippen LogP contribution < -0.4 is 5.32 Å². The zero-order chi connectivity index (χ0) is 17.1. The van der Waals surface area contributed by atoms with Crippen molar-refractivity contribution in [3.05, 3.63) is 64.9 Å². The molecule has 0 saturated carbocycles. The molecule has 0 aliphatic rings. The maximum Gasteiger partial charge on any atom is 0.339 e. The molecule has 0 aliphatic heterocycles. The number of amides is 1. The number of benzene rings is 1. The molecule has 0 unspecified atom stereocenters. The summed E-state index contributed by atoms with van der Waals surface area (Å²) in [6, 6.07) is 10.5. The van der Waals surface area contributed by atoms with Crippen molar-refractivity contribution < 1.29 is 14.3 Å². The van der Waals surface area contributed by atoms with Crippen LogP contribution >= 0.6 is 11.3 Å². The van der Waals surface area contributed by atoms with Gasteiger partial charge in [0.25, 0.3) is 5.91 Å². The summed E-state index contributed by atoms with van der Waals surface area (Å²) in [6.45, 7) is 1.78. The number of rotatable bonds is 4. The highest BCUT2D eigenvalue weighted by molar-refractivity contribution is 7.16. The normalized spacial score (nSPS) is 10.4. The Labute approximate surface area is 142 Å². The fraction of sp³-hybridized carbons (Fsp3) is 0.118. The number of carbonyl (C=O) groups excluding carboxylic acids is 2. The molecule has 0 atom stereocenters. The van der Waals surface area contributed by atoms with Crippen molar-refractivity contribution >= 4 is 28.9 Å². The highest BCUT2D eigenvalue weighted by atomic mass is 32.1. The van der Waals surface area contributed by atoms with Gasteiger partial charge in [-0.1, -0.05) is 23.5 Å². The molecule has 0 spiro atoms. The van der Waals surface area contributed by atoms with E-state index in [4.69, 9.17) is 4.74 Å². The van der Waals surface area contributed by atoms with E-state index in [1.807, 2.05) is 29.1 Å². The molecule has 0 aliphatic carbocycles. The molecule has 1 N–H and O–H groups in total. The van der Waals surface area contributed by atoms with Crippen molar-refractivity contribution in [3.8, 4) is 5.13 Å². The van der Waals surface area contributed by atoms with E-state index >= 15 is 0 Å². The SMILES string of the molecule is COC(=O)c1ccccc1NC(=O)c1sc(-n2cccc2)nc1C. The number of nitrogens with zero attached hydrogens (tertiary/aromatic N) is 2. The summed E-state index contributed by atoms with van der Waals surface area (Å²) in [6.07, 6.45) is 3.74. The molecule has 24 heavy (non-hydrogen) atoms. The standard InChI is InChI=1S/C17H15N3O3S/c1-11-14(24-17(18-11)20-9-5-6-10-20)15(21)19-13-8-4-3-7-12(13)16(22)23-2/h3-10H,1-2H3,(H,19,21). The Hall–Kier alpha value is -2.93. The van der Waals surface area contributed by atoms with Crippen molar-refractivity contribution in [3.63, 3.8) is 0 Å². The summed E-state index contributed by atoms with van der Waals surface area (Å²) in [5.41, 5.74) is 1.35. The minimum Gasteiger partial charge on any atom is -0.465 e. The monoisotopic (exact) mass is 341 g/mol. The van der Waals surface area contributed by atoms with Crippen molar-refractivity contribution in [1.29, 1.82) is 0 Å². The van der Waals surface area contributed by atoms with Crippen LogP contribution in [0.3, 0.4) is 0 Å². The maximum absolute atomic E-state index is 12.6. The first-order valence-electron chi connectivity index (χ1n) is 7.19. The van der Waals surface area contributed by atoms with Gasteiger partial charge >= 0.3 is 5.97 Å². The lowest BCUT2D eigenvalue weighted by Gasteiger charge is -2.08. The summed E-state index contributed by atoms with van der Waals surface area (Å²) in [4.78, 5) is 29.3. The molecule has 0 fully saturated rings. The number of para-hydroxylation sites is 1. The third-order valence-electron chi connectivity index (χ3n) is 3.40. The highest BCUT2D eigenvalue weighted by Crippen LogP contribution is 2.24. The first-order chi connectivity index (χ1) is 11.6. The number of carbonyl (C=O) groups is 2. The van der Waals surface area contributed by atoms with Gasteiger partial charge in [0, 0.05) is 12.4 Å². The molecule has 2 aromatic heterocycles. The number of hydrogen-bond donors (Lipinski definition) is 1. The molecule has 0 radical (unpaired) electrons. The van der Waals surface area contributed by atoms with E-state index in [0.29, 0.717) is 27.0 Å². The molecular formula is C17H15N3O3S. The number of ether oxygens (including phenoxy) is 1. The third-order valence-corrected chi connectivity index (χ3v) is 4.57. The van der Waals surface area contributed by atoms with Gasteiger partial charge in [0.2, 0.25) is 0 Å². The number of aryl methyl sites for hydroxylation is 1. The number of aromatic nitrogens is 2. The van der Waals surface area contributed by atoms with Crippen molar-refractivity contribution in [2.24, 2.45) is 0 Å². The summed E-state index contributed by atoms with van der Waals surface area (Å²) < 4.78 is 6.58. The molecule has 0 saturated heterocycles. The van der Waals surface area contributed by atoms with Gasteiger partial charge in [0.05, 0.1) is 24.1 Å². The summed E-state index contributed by atoms with van der Waals surface area (Å²) in [7, 11) is 1.30. The molecule has 1 amide bonds. The van der Waals surface area contributed by atoms with Crippen LogP contribution in [0.25, 0.3) is 5.13 Å². The van der Waals surface area contributed by atoms with Gasteiger partial charge in [-0.2, -0.15) is 0 Å². The van der Waals surface area contributed by atoms with Crippen LogP contribution in [0, 0.1) is 6.92 Å². The Morgan fingerprint density at radius 2 is 1.88 bits per heavy atom. The van der Waals surface area contributed by atoms with Gasteiger partial charge in [-0.05, 0) is 31.2 Å². The molecule has 1 aromatic carbocycles. The van der Waals surface area contributed by atoms with Gasteiger partial charge in [0.15, 0.2) is 5.13 Å². The predicted molar refractivity (Wildman–Crippen MR) is 91.9 cm³/mol. The molecule has 122 valence electrons. The van der Waals surface area contributed by atoms with E-state index in [-0.39, 0.29) is 5.91 Å². The molecule has 2 heterocycles. The molecule has 3 aromatic rings. The lowest BCUT2D eigenvalue weighted by Crippen LogP contribution is -2.15. The first-order valence-corrected chi connectivity index (χ1v) is 8.01. The van der Waals surface area contributed by atoms with Crippen LogP contribution in [0.15, 0.2) is 48.8 Å². The Morgan fingerprint density at radius 3 is 2.58 bits per heavy atom. The Morgan fingerprint density at radius 1 is 1.17 bits per heavy atom. The Kier molecular flexibility index (Phi) is 4.43. The van der Waals surface area contributed by atoms with Gasteiger partial charge in [-0.15, -0.1) is 0 Å². The van der Waals surface area contributed by atoms with E-state index < -0.39 is 5.97 Å². The average molecular weight is 341 g/mol. The van der Waals surface area contributed by atoms with E-state index in [1.165, 1.54) is 18.4 Å². The number of nitrogens with one attached hydrogen (secondary N) is 1. The zero-order valence-corrected chi connectivity index (χ0v) is 14.0. The lowest BCUT2D eigenvalue weighted by molar-refractivity contribution is 0.0602. The molecular weight excluding hydrogens is 326 g/mol. The minimum absolute atomic E-state index is 0.306. The number of thiazole rings is 1. The molecule has 6 nitrogen and oxygen atoms in total. The van der Waals surface area contributed by atoms with Crippen LogP contribution in [0.5, 0.6) is 0 Å². The fourth-order valence-electron chi connectivity index (χ4n) is 2.22. The van der Waals surface area contributed by atoms with Crippen LogP contribution in [0.2, 0.25) is 0 Å². The quantitative estimate of drug-likeness (QED) is 0.739. The number of methoxy groups -OCH3 is 1. The fourth-order valence-corrected chi connectivity index (χ4v) is 3.15. The smallest absolute Gasteiger partial charge is 0.339 e. The molecule has 3 rings (SSSR count). The second-order valence-electron chi connectivity index (χ2n) is 4.99. The Bertz CT molecular complexity index is 884. The first kappa shape index (κ1) is 15.9. The largest absolute Gasteiger partial charge is 0.465 e. The predicted octanol–water partition coefficient (Wildman–Crippen LogP) is 3.28. The van der Waals surface area contributed by atoms with Crippen LogP contribution in [-0.4, -0.2) is 28.5 Å². The van der Waals surface area contributed by atoms with Crippen LogP contribution in [-0.2, 0) is 4.74 Å². The molecule has 0 bridgehead atoms. The second kappa shape index (κ2) is 6.67. The summed E-state index contributed by atoms with van der Waals surface area (Å²) in [5, 5.41) is 3.47. The minimum atomic E-state index is -0.500. The topological polar surface area (TPSA) is 73.2 Å². The van der Waals surface area contributed by atoms with Crippen LogP contribution in [0.1, 0.15) is 25.7 Å². The van der Waals surface area contributed by atoms with Crippen LogP contribution in [0.4, 0.5) is 5.69 Å². The van der Waals surface area contributed by atoms with E-state index in [9.17, 15) is 9.59 Å². The summed E-state index contributed by atoms with van der Waals surface area (Å²) >= 11 is 1.29. The van der Waals surface area contributed by atoms with Crippen molar-refractivity contribution in [2.75, 3.05) is 12.4 Å². The van der Waals surface area contributed by atoms with Gasteiger partial charge in [0.1, 0.15) is 4.88 Å². The number of esters is 1. The lowest BCUT2D eigenvalue weighted by atomic mass is 10.1. The van der Waals surface area contributed by atoms with Gasteiger partial charge in [-0.3, -0.25) is 4.79 Å². The summed E-state index contributed by atoms with van der Waals surface area (Å²) in [5.74, 6) is -0.806. The average Bonchev–Trinajstić information content (AvgIpc) is 3.24. The van der Waals surface area contributed by atoms with E-state index in [2.05, 4.69) is 10.3 Å². The maximum atomic E-state index is 12.6. The van der Waals surface area contributed by atoms with Crippen molar-refractivity contribution in [1.82, 2.24) is 9.55 Å². The third kappa shape index (κ3) is 3.07. The zero-order valence-electron chi connectivity index (χ0n) is 13.1. The second-order valence-corrected chi connectivity index (χ2v) is 5.97.